The quantitative estimate of drug-likeness (QED) is 0.688. The highest BCUT2D eigenvalue weighted by Crippen LogP contribution is 2.24. The van der Waals surface area contributed by atoms with Crippen LogP contribution >= 0.6 is 23.1 Å². The van der Waals surface area contributed by atoms with Crippen LogP contribution in [0.15, 0.2) is 52.4 Å². The zero-order valence-electron chi connectivity index (χ0n) is 13.5. The molecule has 124 valence electrons. The van der Waals surface area contributed by atoms with E-state index in [0.29, 0.717) is 5.75 Å². The first-order chi connectivity index (χ1) is 11.6. The molecule has 3 aromatic rings. The highest BCUT2D eigenvalue weighted by Gasteiger charge is 2.20. The lowest BCUT2D eigenvalue weighted by Gasteiger charge is -2.19. The van der Waals surface area contributed by atoms with Crippen LogP contribution in [-0.4, -0.2) is 26.2 Å². The average Bonchev–Trinajstić information content (AvgIpc) is 3.20. The molecule has 0 bridgehead atoms. The normalized spacial score (nSPS) is 12.1. The van der Waals surface area contributed by atoms with Gasteiger partial charge in [-0.1, -0.05) is 42.1 Å². The number of nitrogens with zero attached hydrogens (tertiary/aromatic N) is 3. The Hall–Kier alpha value is -2.12. The zero-order valence-corrected chi connectivity index (χ0v) is 15.1. The topological polar surface area (TPSA) is 59.8 Å². The first kappa shape index (κ1) is 16.7. The highest BCUT2D eigenvalue weighted by atomic mass is 32.2. The standard InChI is InChI=1S/C17H18N4OS2/c1-12-10-23-17(19-12)24-11-14(22)20-15(13-6-4-3-5-7-13)16-18-8-9-21(16)2/h3-10,15H,11H2,1-2H3,(H,20,22)/t15-/m1/s1. The minimum Gasteiger partial charge on any atom is -0.341 e. The fourth-order valence-corrected chi connectivity index (χ4v) is 3.99. The van der Waals surface area contributed by atoms with Gasteiger partial charge in [-0.15, -0.1) is 11.3 Å². The van der Waals surface area contributed by atoms with E-state index in [1.807, 2.05) is 60.4 Å². The van der Waals surface area contributed by atoms with E-state index in [4.69, 9.17) is 0 Å². The fourth-order valence-electron chi connectivity index (χ4n) is 2.33. The molecule has 0 unspecified atom stereocenters. The van der Waals surface area contributed by atoms with Crippen molar-refractivity contribution in [3.05, 3.63) is 65.2 Å². The van der Waals surface area contributed by atoms with Crippen LogP contribution < -0.4 is 5.32 Å². The number of carbonyl (C=O) groups is 1. The molecule has 0 aliphatic heterocycles. The van der Waals surface area contributed by atoms with E-state index in [9.17, 15) is 4.79 Å². The summed E-state index contributed by atoms with van der Waals surface area (Å²) in [6.45, 7) is 1.95. The number of amides is 1. The maximum absolute atomic E-state index is 12.4. The van der Waals surface area contributed by atoms with Gasteiger partial charge in [-0.2, -0.15) is 0 Å². The number of nitrogens with one attached hydrogen (secondary N) is 1. The number of thioether (sulfide) groups is 1. The van der Waals surface area contributed by atoms with Crippen LogP contribution in [-0.2, 0) is 11.8 Å². The molecule has 0 spiro atoms. The maximum atomic E-state index is 12.4. The second kappa shape index (κ2) is 7.63. The maximum Gasteiger partial charge on any atom is 0.231 e. The van der Waals surface area contributed by atoms with Crippen LogP contribution in [0.3, 0.4) is 0 Å². The summed E-state index contributed by atoms with van der Waals surface area (Å²) in [4.78, 5) is 21.2. The zero-order chi connectivity index (χ0) is 16.9. The van der Waals surface area contributed by atoms with Gasteiger partial charge in [0.15, 0.2) is 4.34 Å². The van der Waals surface area contributed by atoms with E-state index in [1.165, 1.54) is 11.8 Å². The largest absolute Gasteiger partial charge is 0.341 e. The first-order valence-corrected chi connectivity index (χ1v) is 9.36. The lowest BCUT2D eigenvalue weighted by Crippen LogP contribution is -2.32. The van der Waals surface area contributed by atoms with E-state index in [2.05, 4.69) is 15.3 Å². The third kappa shape index (κ3) is 4.04. The van der Waals surface area contributed by atoms with Crippen molar-refractivity contribution in [2.75, 3.05) is 5.75 Å². The molecule has 1 amide bonds. The Balaban J connectivity index is 1.72. The van der Waals surface area contributed by atoms with Crippen LogP contribution in [0.1, 0.15) is 23.1 Å². The fraction of sp³-hybridized carbons (Fsp3) is 0.235. The molecule has 1 aromatic carbocycles. The first-order valence-electron chi connectivity index (χ1n) is 7.50. The number of aryl methyl sites for hydroxylation is 2. The van der Waals surface area contributed by atoms with E-state index in [0.717, 1.165) is 21.4 Å². The summed E-state index contributed by atoms with van der Waals surface area (Å²) < 4.78 is 2.84. The molecular weight excluding hydrogens is 340 g/mol. The van der Waals surface area contributed by atoms with Crippen LogP contribution in [0.25, 0.3) is 0 Å². The summed E-state index contributed by atoms with van der Waals surface area (Å²) in [5.74, 6) is 1.11. The molecule has 0 saturated carbocycles. The number of aromatic nitrogens is 3. The molecule has 1 N–H and O–H groups in total. The van der Waals surface area contributed by atoms with Gasteiger partial charge in [0.05, 0.1) is 5.75 Å². The van der Waals surface area contributed by atoms with Gasteiger partial charge in [-0.25, -0.2) is 9.97 Å². The number of imidazole rings is 1. The van der Waals surface area contributed by atoms with Crippen molar-refractivity contribution < 1.29 is 4.79 Å². The molecule has 0 saturated heterocycles. The summed E-state index contributed by atoms with van der Waals surface area (Å²) >= 11 is 3.02. The molecule has 0 aliphatic carbocycles. The Morgan fingerprint density at radius 3 is 2.79 bits per heavy atom. The van der Waals surface area contributed by atoms with Gasteiger partial charge in [0.25, 0.3) is 0 Å². The summed E-state index contributed by atoms with van der Waals surface area (Å²) in [7, 11) is 1.93. The molecule has 0 radical (unpaired) electrons. The van der Waals surface area contributed by atoms with Crippen molar-refractivity contribution in [2.45, 2.75) is 17.3 Å². The van der Waals surface area contributed by atoms with Crippen molar-refractivity contribution >= 4 is 29.0 Å². The van der Waals surface area contributed by atoms with Gasteiger partial charge in [0, 0.05) is 30.5 Å². The molecule has 5 nitrogen and oxygen atoms in total. The Kier molecular flexibility index (Phi) is 5.32. The number of thiazole rings is 1. The van der Waals surface area contributed by atoms with Crippen molar-refractivity contribution in [2.24, 2.45) is 7.05 Å². The lowest BCUT2D eigenvalue weighted by atomic mass is 10.1. The van der Waals surface area contributed by atoms with Gasteiger partial charge < -0.3 is 9.88 Å². The van der Waals surface area contributed by atoms with Crippen LogP contribution in [0, 0.1) is 6.92 Å². The van der Waals surface area contributed by atoms with Crippen LogP contribution in [0.2, 0.25) is 0 Å². The van der Waals surface area contributed by atoms with E-state index in [-0.39, 0.29) is 11.9 Å². The molecule has 2 heterocycles. The Morgan fingerprint density at radius 1 is 1.38 bits per heavy atom. The molecule has 3 rings (SSSR count). The SMILES string of the molecule is Cc1csc(SCC(=O)N[C@H](c2ccccc2)c2nccn2C)n1. The highest BCUT2D eigenvalue weighted by molar-refractivity contribution is 8.01. The second-order valence-corrected chi connectivity index (χ2v) is 7.43. The van der Waals surface area contributed by atoms with E-state index < -0.39 is 0 Å². The molecule has 24 heavy (non-hydrogen) atoms. The minimum absolute atomic E-state index is 0.0373. The molecule has 0 aliphatic rings. The summed E-state index contributed by atoms with van der Waals surface area (Å²) in [5.41, 5.74) is 1.99. The van der Waals surface area contributed by atoms with Crippen molar-refractivity contribution in [1.82, 2.24) is 19.9 Å². The van der Waals surface area contributed by atoms with Gasteiger partial charge >= 0.3 is 0 Å². The third-order valence-electron chi connectivity index (χ3n) is 3.48. The summed E-state index contributed by atoms with van der Waals surface area (Å²) in [5, 5.41) is 5.07. The van der Waals surface area contributed by atoms with Gasteiger partial charge in [-0.05, 0) is 12.5 Å². The number of hydrogen-bond donors (Lipinski definition) is 1. The van der Waals surface area contributed by atoms with Crippen molar-refractivity contribution in [3.8, 4) is 0 Å². The summed E-state index contributed by atoms with van der Waals surface area (Å²) in [6, 6.07) is 9.61. The predicted octanol–water partition coefficient (Wildman–Crippen LogP) is 3.18. The molecule has 0 fully saturated rings. The van der Waals surface area contributed by atoms with E-state index >= 15 is 0 Å². The van der Waals surface area contributed by atoms with Crippen molar-refractivity contribution in [3.63, 3.8) is 0 Å². The molecule has 7 heteroatoms. The van der Waals surface area contributed by atoms with Crippen LogP contribution in [0.4, 0.5) is 0 Å². The Bertz CT molecular complexity index is 813. The van der Waals surface area contributed by atoms with E-state index in [1.54, 1.807) is 17.5 Å². The monoisotopic (exact) mass is 358 g/mol. The molecule has 1 atom stereocenters. The second-order valence-electron chi connectivity index (χ2n) is 5.35. The Labute approximate surface area is 149 Å². The van der Waals surface area contributed by atoms with Crippen molar-refractivity contribution in [1.29, 1.82) is 0 Å². The third-order valence-corrected chi connectivity index (χ3v) is 5.62. The lowest BCUT2D eigenvalue weighted by molar-refractivity contribution is -0.119. The molecular formula is C17H18N4OS2. The van der Waals surface area contributed by atoms with Gasteiger partial charge in [0.1, 0.15) is 11.9 Å². The number of benzene rings is 1. The predicted molar refractivity (Wildman–Crippen MR) is 97.2 cm³/mol. The van der Waals surface area contributed by atoms with Crippen LogP contribution in [0.5, 0.6) is 0 Å². The van der Waals surface area contributed by atoms with Gasteiger partial charge in [-0.3, -0.25) is 4.79 Å². The Morgan fingerprint density at radius 2 is 2.17 bits per heavy atom. The number of rotatable bonds is 6. The van der Waals surface area contributed by atoms with Gasteiger partial charge in [0.2, 0.25) is 5.91 Å². The smallest absolute Gasteiger partial charge is 0.231 e. The molecule has 2 aromatic heterocycles. The summed E-state index contributed by atoms with van der Waals surface area (Å²) in [6.07, 6.45) is 3.62. The average molecular weight is 358 g/mol. The number of hydrogen-bond acceptors (Lipinski definition) is 5. The minimum atomic E-state index is -0.266. The number of carbonyl (C=O) groups excluding carboxylic acids is 1.